The van der Waals surface area contributed by atoms with Crippen LogP contribution in [0.4, 0.5) is 14.5 Å². The molecule has 3 aromatic rings. The van der Waals surface area contributed by atoms with E-state index in [9.17, 15) is 18.4 Å². The van der Waals surface area contributed by atoms with Gasteiger partial charge in [-0.15, -0.1) is 0 Å². The van der Waals surface area contributed by atoms with Crippen molar-refractivity contribution in [2.24, 2.45) is 0 Å². The van der Waals surface area contributed by atoms with Gasteiger partial charge in [-0.05, 0) is 48.0 Å². The van der Waals surface area contributed by atoms with Crippen molar-refractivity contribution in [3.8, 4) is 0 Å². The maximum absolute atomic E-state index is 14.3. The molecule has 0 aromatic heterocycles. The van der Waals surface area contributed by atoms with E-state index in [1.54, 1.807) is 24.3 Å². The van der Waals surface area contributed by atoms with Crippen LogP contribution in [0, 0.1) is 11.6 Å². The van der Waals surface area contributed by atoms with E-state index in [2.05, 4.69) is 5.32 Å². The molecule has 0 saturated heterocycles. The zero-order chi connectivity index (χ0) is 20.5. The maximum Gasteiger partial charge on any atom is 0.258 e. The van der Waals surface area contributed by atoms with Gasteiger partial charge in [0.05, 0.1) is 11.6 Å². The van der Waals surface area contributed by atoms with E-state index in [0.29, 0.717) is 21.8 Å². The summed E-state index contributed by atoms with van der Waals surface area (Å²) in [5.74, 6) is -2.20. The largest absolute Gasteiger partial charge is 0.324 e. The van der Waals surface area contributed by atoms with Gasteiger partial charge in [-0.25, -0.2) is 8.78 Å². The average Bonchev–Trinajstić information content (AvgIpc) is 2.84. The molecular formula is C22H15ClF2N2O2. The number of rotatable bonds is 2. The summed E-state index contributed by atoms with van der Waals surface area (Å²) in [7, 11) is 0. The minimum absolute atomic E-state index is 0.155. The summed E-state index contributed by atoms with van der Waals surface area (Å²) in [6, 6.07) is 15.3. The lowest BCUT2D eigenvalue weighted by Crippen LogP contribution is -2.39. The molecule has 4 nitrogen and oxygen atoms in total. The van der Waals surface area contributed by atoms with Crippen LogP contribution in [-0.2, 0) is 4.79 Å². The molecule has 146 valence electrons. The van der Waals surface area contributed by atoms with Crippen LogP contribution in [0.25, 0.3) is 0 Å². The molecule has 0 spiro atoms. The molecule has 1 aliphatic heterocycles. The van der Waals surface area contributed by atoms with E-state index in [4.69, 9.17) is 11.6 Å². The number of carbonyl (C=O) groups is 2. The summed E-state index contributed by atoms with van der Waals surface area (Å²) in [6.45, 7) is -0.304. The Kier molecular flexibility index (Phi) is 5.03. The highest BCUT2D eigenvalue weighted by atomic mass is 35.5. The normalized spacial score (nSPS) is 16.0. The Hall–Kier alpha value is -3.25. The van der Waals surface area contributed by atoms with Crippen LogP contribution < -0.4 is 5.32 Å². The van der Waals surface area contributed by atoms with Gasteiger partial charge >= 0.3 is 0 Å². The fourth-order valence-electron chi connectivity index (χ4n) is 3.46. The highest BCUT2D eigenvalue weighted by molar-refractivity contribution is 6.30. The molecule has 2 amide bonds. The number of halogens is 3. The lowest BCUT2D eigenvalue weighted by Gasteiger charge is -2.31. The smallest absolute Gasteiger partial charge is 0.258 e. The Bertz CT molecular complexity index is 1100. The second kappa shape index (κ2) is 7.64. The number of carbonyl (C=O) groups excluding carboxylic acids is 2. The molecule has 0 radical (unpaired) electrons. The first-order valence-electron chi connectivity index (χ1n) is 8.84. The molecule has 3 aromatic carbocycles. The second-order valence-corrected chi connectivity index (χ2v) is 7.08. The van der Waals surface area contributed by atoms with E-state index in [1.807, 2.05) is 0 Å². The molecule has 7 heteroatoms. The maximum atomic E-state index is 14.3. The van der Waals surface area contributed by atoms with Crippen molar-refractivity contribution in [1.29, 1.82) is 0 Å². The minimum atomic E-state index is -0.768. The molecule has 0 saturated carbocycles. The van der Waals surface area contributed by atoms with Gasteiger partial charge in [0.1, 0.15) is 18.2 Å². The molecule has 1 atom stereocenters. The minimum Gasteiger partial charge on any atom is -0.324 e. The van der Waals surface area contributed by atoms with Crippen molar-refractivity contribution >= 4 is 29.1 Å². The molecule has 1 aliphatic rings. The van der Waals surface area contributed by atoms with E-state index in [-0.39, 0.29) is 12.1 Å². The van der Waals surface area contributed by atoms with Gasteiger partial charge in [0, 0.05) is 16.3 Å². The quantitative estimate of drug-likeness (QED) is 0.657. The van der Waals surface area contributed by atoms with E-state index < -0.39 is 29.5 Å². The average molecular weight is 413 g/mol. The topological polar surface area (TPSA) is 49.4 Å². The predicted octanol–water partition coefficient (Wildman–Crippen LogP) is 4.80. The summed E-state index contributed by atoms with van der Waals surface area (Å²) in [4.78, 5) is 27.0. The second-order valence-electron chi connectivity index (χ2n) is 6.65. The van der Waals surface area contributed by atoms with Crippen LogP contribution in [0.15, 0.2) is 66.7 Å². The summed E-state index contributed by atoms with van der Waals surface area (Å²) < 4.78 is 27.8. The lowest BCUT2D eigenvalue weighted by atomic mass is 9.95. The number of nitrogens with one attached hydrogen (secondary N) is 1. The van der Waals surface area contributed by atoms with Gasteiger partial charge in [-0.1, -0.05) is 35.9 Å². The Morgan fingerprint density at radius 3 is 2.48 bits per heavy atom. The third-order valence-electron chi connectivity index (χ3n) is 4.76. The fraction of sp³-hybridized carbons (Fsp3) is 0.0909. The number of anilines is 1. The van der Waals surface area contributed by atoms with Gasteiger partial charge in [0.25, 0.3) is 5.91 Å². The number of hydrogen-bond acceptors (Lipinski definition) is 2. The Balaban J connectivity index is 1.91. The van der Waals surface area contributed by atoms with Crippen LogP contribution in [0.3, 0.4) is 0 Å². The fourth-order valence-corrected chi connectivity index (χ4v) is 3.64. The molecule has 4 rings (SSSR count). The van der Waals surface area contributed by atoms with E-state index >= 15 is 0 Å². The Morgan fingerprint density at radius 2 is 1.76 bits per heavy atom. The number of amides is 2. The van der Waals surface area contributed by atoms with Crippen LogP contribution >= 0.6 is 11.6 Å². The summed E-state index contributed by atoms with van der Waals surface area (Å²) in [5.41, 5.74) is 1.45. The zero-order valence-corrected chi connectivity index (χ0v) is 15.8. The van der Waals surface area contributed by atoms with Crippen molar-refractivity contribution in [1.82, 2.24) is 4.90 Å². The van der Waals surface area contributed by atoms with Gasteiger partial charge in [0.15, 0.2) is 0 Å². The van der Waals surface area contributed by atoms with Crippen LogP contribution in [0.2, 0.25) is 5.02 Å². The molecule has 0 bridgehead atoms. The Labute approximate surface area is 170 Å². The van der Waals surface area contributed by atoms with Gasteiger partial charge in [-0.2, -0.15) is 0 Å². The molecule has 0 unspecified atom stereocenters. The van der Waals surface area contributed by atoms with Gasteiger partial charge in [0.2, 0.25) is 5.91 Å². The summed E-state index contributed by atoms with van der Waals surface area (Å²) >= 11 is 6.18. The highest BCUT2D eigenvalue weighted by Gasteiger charge is 2.35. The highest BCUT2D eigenvalue weighted by Crippen LogP contribution is 2.38. The molecule has 0 fully saturated rings. The predicted molar refractivity (Wildman–Crippen MR) is 106 cm³/mol. The standard InChI is InChI=1S/C22H15ClF2N2O2/c23-14-7-10-19-17(11-14)21(13-5-8-15(24)9-6-13)27(12-20(28)26-19)22(29)16-3-1-2-4-18(16)25/h1-11,21H,12H2,(H,26,28)/t21-/m0/s1. The number of benzene rings is 3. The van der Waals surface area contributed by atoms with E-state index in [1.165, 1.54) is 47.4 Å². The van der Waals surface area contributed by atoms with Crippen LogP contribution in [-0.4, -0.2) is 23.3 Å². The summed E-state index contributed by atoms with van der Waals surface area (Å²) in [6.07, 6.45) is 0. The van der Waals surface area contributed by atoms with Crippen molar-refractivity contribution in [2.45, 2.75) is 6.04 Å². The molecule has 1 heterocycles. The monoisotopic (exact) mass is 412 g/mol. The molecule has 29 heavy (non-hydrogen) atoms. The molecular weight excluding hydrogens is 398 g/mol. The first-order chi connectivity index (χ1) is 13.9. The Morgan fingerprint density at radius 1 is 1.03 bits per heavy atom. The third kappa shape index (κ3) is 3.71. The van der Waals surface area contributed by atoms with Crippen molar-refractivity contribution in [3.63, 3.8) is 0 Å². The van der Waals surface area contributed by atoms with Crippen LogP contribution in [0.1, 0.15) is 27.5 Å². The SMILES string of the molecule is O=C1CN(C(=O)c2ccccc2F)[C@@H](c2ccc(F)cc2)c2cc(Cl)ccc2N1. The van der Waals surface area contributed by atoms with Crippen molar-refractivity contribution in [3.05, 3.63) is 100 Å². The molecule has 1 N–H and O–H groups in total. The van der Waals surface area contributed by atoms with Gasteiger partial charge < -0.3 is 10.2 Å². The number of hydrogen-bond donors (Lipinski definition) is 1. The number of fused-ring (bicyclic) bond motifs is 1. The van der Waals surface area contributed by atoms with E-state index in [0.717, 1.165) is 0 Å². The number of nitrogens with zero attached hydrogens (tertiary/aromatic N) is 1. The van der Waals surface area contributed by atoms with Crippen molar-refractivity contribution in [2.75, 3.05) is 11.9 Å². The first kappa shape index (κ1) is 19.1. The lowest BCUT2D eigenvalue weighted by molar-refractivity contribution is -0.117. The first-order valence-corrected chi connectivity index (χ1v) is 9.22. The third-order valence-corrected chi connectivity index (χ3v) is 4.99. The zero-order valence-electron chi connectivity index (χ0n) is 15.0. The summed E-state index contributed by atoms with van der Waals surface area (Å²) in [5, 5.41) is 3.16. The molecule has 0 aliphatic carbocycles. The van der Waals surface area contributed by atoms with Crippen LogP contribution in [0.5, 0.6) is 0 Å². The van der Waals surface area contributed by atoms with Crippen molar-refractivity contribution < 1.29 is 18.4 Å². The van der Waals surface area contributed by atoms with Gasteiger partial charge in [-0.3, -0.25) is 9.59 Å².